The van der Waals surface area contributed by atoms with Crippen LogP contribution >= 0.6 is 0 Å². The minimum Gasteiger partial charge on any atom is -0.461 e. The van der Waals surface area contributed by atoms with E-state index in [0.29, 0.717) is 0 Å². The Bertz CT molecular complexity index is 273. The summed E-state index contributed by atoms with van der Waals surface area (Å²) in [5.74, 6) is -0.597. The number of hydrogen-bond acceptors (Lipinski definition) is 4. The topological polar surface area (TPSA) is 52.6 Å². The molecule has 4 heteroatoms. The van der Waals surface area contributed by atoms with Crippen LogP contribution in [0.1, 0.15) is 41.5 Å². The summed E-state index contributed by atoms with van der Waals surface area (Å²) in [6.45, 7) is 10.6. The molecule has 1 saturated carbocycles. The molecule has 16 heavy (non-hydrogen) atoms. The van der Waals surface area contributed by atoms with Crippen LogP contribution in [0, 0.1) is 10.8 Å². The van der Waals surface area contributed by atoms with Crippen molar-refractivity contribution in [2.24, 2.45) is 10.8 Å². The molecule has 0 aliphatic heterocycles. The lowest BCUT2D eigenvalue weighted by Crippen LogP contribution is -2.69. The van der Waals surface area contributed by atoms with Crippen molar-refractivity contribution in [1.29, 1.82) is 0 Å². The van der Waals surface area contributed by atoms with E-state index in [4.69, 9.17) is 9.47 Å². The minimum atomic E-state index is -0.332. The molecular weight excluding hydrogens is 208 g/mol. The van der Waals surface area contributed by atoms with Crippen molar-refractivity contribution in [3.8, 4) is 0 Å². The van der Waals surface area contributed by atoms with Crippen molar-refractivity contribution in [2.75, 3.05) is 0 Å². The lowest BCUT2D eigenvalue weighted by Gasteiger charge is -2.61. The Labute approximate surface area is 96.3 Å². The van der Waals surface area contributed by atoms with E-state index >= 15 is 0 Å². The molecular formula is C12H20O4. The summed E-state index contributed by atoms with van der Waals surface area (Å²) in [6.07, 6.45) is -0.441. The van der Waals surface area contributed by atoms with E-state index in [0.717, 1.165) is 0 Å². The third-order valence-corrected chi connectivity index (χ3v) is 3.27. The lowest BCUT2D eigenvalue weighted by molar-refractivity contribution is -0.266. The summed E-state index contributed by atoms with van der Waals surface area (Å²) < 4.78 is 10.6. The number of esters is 2. The Morgan fingerprint density at radius 2 is 1.06 bits per heavy atom. The third kappa shape index (κ3) is 1.93. The Morgan fingerprint density at radius 1 is 0.812 bits per heavy atom. The van der Waals surface area contributed by atoms with Gasteiger partial charge in [0.1, 0.15) is 12.2 Å². The maximum atomic E-state index is 11.0. The first-order valence-electron chi connectivity index (χ1n) is 5.44. The van der Waals surface area contributed by atoms with Crippen LogP contribution in [0.5, 0.6) is 0 Å². The van der Waals surface area contributed by atoms with Crippen molar-refractivity contribution in [3.63, 3.8) is 0 Å². The zero-order chi connectivity index (χ0) is 12.7. The Morgan fingerprint density at radius 3 is 1.25 bits per heavy atom. The first-order chi connectivity index (χ1) is 7.10. The van der Waals surface area contributed by atoms with Gasteiger partial charge < -0.3 is 9.47 Å². The van der Waals surface area contributed by atoms with Crippen LogP contribution in [0.4, 0.5) is 0 Å². The highest BCUT2D eigenvalue weighted by molar-refractivity contribution is 5.67. The smallest absolute Gasteiger partial charge is 0.302 e. The van der Waals surface area contributed by atoms with Crippen LogP contribution in [0.15, 0.2) is 0 Å². The predicted molar refractivity (Wildman–Crippen MR) is 58.7 cm³/mol. The number of rotatable bonds is 2. The summed E-state index contributed by atoms with van der Waals surface area (Å²) in [7, 11) is 0. The van der Waals surface area contributed by atoms with E-state index in [1.165, 1.54) is 13.8 Å². The Balaban J connectivity index is 2.85. The summed E-state index contributed by atoms with van der Waals surface area (Å²) in [5, 5.41) is 0. The monoisotopic (exact) mass is 228 g/mol. The van der Waals surface area contributed by atoms with Crippen LogP contribution in [0.25, 0.3) is 0 Å². The zero-order valence-electron chi connectivity index (χ0n) is 10.8. The maximum absolute atomic E-state index is 11.0. The van der Waals surface area contributed by atoms with E-state index in [1.54, 1.807) is 0 Å². The molecule has 0 saturated heterocycles. The van der Waals surface area contributed by atoms with Crippen molar-refractivity contribution >= 4 is 11.9 Å². The minimum absolute atomic E-state index is 0.221. The molecule has 0 atom stereocenters. The number of carbonyl (C=O) groups excluding carboxylic acids is 2. The summed E-state index contributed by atoms with van der Waals surface area (Å²) >= 11 is 0. The molecule has 0 radical (unpaired) electrons. The second-order valence-electron chi connectivity index (χ2n) is 5.62. The molecule has 1 fully saturated rings. The highest BCUT2D eigenvalue weighted by atomic mass is 16.6. The van der Waals surface area contributed by atoms with E-state index < -0.39 is 0 Å². The summed E-state index contributed by atoms with van der Waals surface area (Å²) in [4.78, 5) is 22.0. The van der Waals surface area contributed by atoms with E-state index in [9.17, 15) is 9.59 Å². The molecule has 0 N–H and O–H groups in total. The SMILES string of the molecule is CC(=O)OC1C(C)(C)C(OC(C)=O)C1(C)C. The van der Waals surface area contributed by atoms with E-state index in [1.807, 2.05) is 27.7 Å². The van der Waals surface area contributed by atoms with Crippen LogP contribution in [-0.4, -0.2) is 24.1 Å². The van der Waals surface area contributed by atoms with Gasteiger partial charge in [-0.2, -0.15) is 0 Å². The van der Waals surface area contributed by atoms with Gasteiger partial charge in [-0.05, 0) is 0 Å². The highest BCUT2D eigenvalue weighted by Gasteiger charge is 2.66. The standard InChI is InChI=1S/C12H20O4/c1-7(13)15-9-11(3,4)10(12(9,5)6)16-8(2)14/h9-10H,1-6H3. The number of carbonyl (C=O) groups is 2. The molecule has 1 aliphatic rings. The van der Waals surface area contributed by atoms with Crippen LogP contribution in [-0.2, 0) is 19.1 Å². The molecule has 0 spiro atoms. The van der Waals surface area contributed by atoms with E-state index in [2.05, 4.69) is 0 Å². The van der Waals surface area contributed by atoms with Crippen LogP contribution in [0.3, 0.4) is 0 Å². The summed E-state index contributed by atoms with van der Waals surface area (Å²) in [6, 6.07) is 0. The second kappa shape index (κ2) is 3.75. The molecule has 4 nitrogen and oxygen atoms in total. The van der Waals surface area contributed by atoms with Crippen LogP contribution in [0.2, 0.25) is 0 Å². The Kier molecular flexibility index (Phi) is 3.05. The quantitative estimate of drug-likeness (QED) is 0.677. The average molecular weight is 228 g/mol. The first-order valence-corrected chi connectivity index (χ1v) is 5.44. The summed E-state index contributed by atoms with van der Waals surface area (Å²) in [5.41, 5.74) is -0.665. The van der Waals surface area contributed by atoms with Crippen LogP contribution < -0.4 is 0 Å². The molecule has 1 rings (SSSR count). The van der Waals surface area contributed by atoms with Crippen molar-refractivity contribution in [3.05, 3.63) is 0 Å². The molecule has 0 heterocycles. The average Bonchev–Trinajstić information content (AvgIpc) is 2.09. The first kappa shape index (κ1) is 13.0. The van der Waals surface area contributed by atoms with Gasteiger partial charge in [-0.3, -0.25) is 9.59 Å². The van der Waals surface area contributed by atoms with E-state index in [-0.39, 0.29) is 35.0 Å². The molecule has 0 unspecified atom stereocenters. The van der Waals surface area contributed by atoms with Crippen molar-refractivity contribution in [2.45, 2.75) is 53.8 Å². The van der Waals surface area contributed by atoms with Gasteiger partial charge in [0, 0.05) is 24.7 Å². The molecule has 92 valence electrons. The van der Waals surface area contributed by atoms with Gasteiger partial charge in [0.05, 0.1) is 0 Å². The lowest BCUT2D eigenvalue weighted by atomic mass is 9.51. The molecule has 0 bridgehead atoms. The highest BCUT2D eigenvalue weighted by Crippen LogP contribution is 2.57. The zero-order valence-corrected chi connectivity index (χ0v) is 10.8. The largest absolute Gasteiger partial charge is 0.461 e. The van der Waals surface area contributed by atoms with Gasteiger partial charge in [0.25, 0.3) is 0 Å². The second-order valence-corrected chi connectivity index (χ2v) is 5.62. The Hall–Kier alpha value is -1.06. The molecule has 0 aromatic carbocycles. The predicted octanol–water partition coefficient (Wildman–Crippen LogP) is 1.92. The van der Waals surface area contributed by atoms with Gasteiger partial charge in [0.15, 0.2) is 0 Å². The fourth-order valence-corrected chi connectivity index (χ4v) is 3.04. The third-order valence-electron chi connectivity index (χ3n) is 3.27. The maximum Gasteiger partial charge on any atom is 0.302 e. The number of ether oxygens (including phenoxy) is 2. The van der Waals surface area contributed by atoms with Crippen molar-refractivity contribution < 1.29 is 19.1 Å². The van der Waals surface area contributed by atoms with Crippen molar-refractivity contribution in [1.82, 2.24) is 0 Å². The molecule has 0 aromatic heterocycles. The van der Waals surface area contributed by atoms with Gasteiger partial charge in [-0.15, -0.1) is 0 Å². The molecule has 1 aliphatic carbocycles. The van der Waals surface area contributed by atoms with Gasteiger partial charge in [-0.25, -0.2) is 0 Å². The molecule has 0 amide bonds. The normalized spacial score (nSPS) is 30.1. The number of hydrogen-bond donors (Lipinski definition) is 0. The molecule has 0 aromatic rings. The van der Waals surface area contributed by atoms with Gasteiger partial charge in [0.2, 0.25) is 0 Å². The fraction of sp³-hybridized carbons (Fsp3) is 0.833. The van der Waals surface area contributed by atoms with Gasteiger partial charge in [-0.1, -0.05) is 27.7 Å². The van der Waals surface area contributed by atoms with Gasteiger partial charge >= 0.3 is 11.9 Å². The fourth-order valence-electron chi connectivity index (χ4n) is 3.04.